The summed E-state index contributed by atoms with van der Waals surface area (Å²) >= 11 is 17.4. The maximum Gasteiger partial charge on any atom is 0.329 e. The van der Waals surface area contributed by atoms with Crippen LogP contribution in [0, 0.1) is 0 Å². The van der Waals surface area contributed by atoms with Crippen LogP contribution in [0.4, 0.5) is 5.69 Å². The number of hydrogen-bond acceptors (Lipinski definition) is 3. The van der Waals surface area contributed by atoms with Gasteiger partial charge in [0.25, 0.3) is 0 Å². The van der Waals surface area contributed by atoms with E-state index in [1.54, 1.807) is 24.3 Å². The molecule has 118 valence electrons. The highest BCUT2D eigenvalue weighted by Crippen LogP contribution is 2.22. The number of amides is 2. The van der Waals surface area contributed by atoms with Gasteiger partial charge < -0.3 is 5.32 Å². The quantitative estimate of drug-likeness (QED) is 0.491. The first-order valence-corrected chi connectivity index (χ1v) is 7.43. The Kier molecular flexibility index (Phi) is 5.98. The summed E-state index contributed by atoms with van der Waals surface area (Å²) in [6, 6.07) is 11.2. The van der Waals surface area contributed by atoms with Crippen molar-refractivity contribution in [1.29, 1.82) is 0 Å². The summed E-state index contributed by atoms with van der Waals surface area (Å²) in [4.78, 5) is 23.4. The van der Waals surface area contributed by atoms with Crippen LogP contribution in [0.5, 0.6) is 0 Å². The maximum atomic E-state index is 11.7. The van der Waals surface area contributed by atoms with Crippen LogP contribution in [0.3, 0.4) is 0 Å². The number of benzene rings is 2. The van der Waals surface area contributed by atoms with E-state index in [9.17, 15) is 9.59 Å². The van der Waals surface area contributed by atoms with Crippen molar-refractivity contribution in [1.82, 2.24) is 5.43 Å². The van der Waals surface area contributed by atoms with Crippen LogP contribution in [0.2, 0.25) is 15.1 Å². The van der Waals surface area contributed by atoms with Gasteiger partial charge in [-0.3, -0.25) is 9.59 Å². The first kappa shape index (κ1) is 17.3. The molecule has 0 unspecified atom stereocenters. The lowest BCUT2D eigenvalue weighted by atomic mass is 10.2. The average Bonchev–Trinajstić information content (AvgIpc) is 2.48. The first-order chi connectivity index (χ1) is 10.9. The van der Waals surface area contributed by atoms with E-state index in [0.29, 0.717) is 20.8 Å². The number of hydrazone groups is 1. The Morgan fingerprint density at radius 3 is 2.09 bits per heavy atom. The van der Waals surface area contributed by atoms with Gasteiger partial charge in [0.15, 0.2) is 0 Å². The zero-order chi connectivity index (χ0) is 16.8. The molecule has 2 aromatic rings. The van der Waals surface area contributed by atoms with Gasteiger partial charge in [0, 0.05) is 20.8 Å². The second-order valence-electron chi connectivity index (χ2n) is 4.36. The topological polar surface area (TPSA) is 70.6 Å². The van der Waals surface area contributed by atoms with Crippen molar-refractivity contribution in [3.63, 3.8) is 0 Å². The lowest BCUT2D eigenvalue weighted by molar-refractivity contribution is -0.136. The third-order valence-corrected chi connectivity index (χ3v) is 3.26. The molecule has 0 radical (unpaired) electrons. The van der Waals surface area contributed by atoms with Crippen LogP contribution in [0.1, 0.15) is 5.56 Å². The molecule has 0 spiro atoms. The highest BCUT2D eigenvalue weighted by atomic mass is 35.5. The summed E-state index contributed by atoms with van der Waals surface area (Å²) < 4.78 is 0. The smallest absolute Gasteiger partial charge is 0.318 e. The van der Waals surface area contributed by atoms with Crippen molar-refractivity contribution in [2.24, 2.45) is 5.10 Å². The number of halogens is 3. The van der Waals surface area contributed by atoms with E-state index in [-0.39, 0.29) is 0 Å². The van der Waals surface area contributed by atoms with Gasteiger partial charge in [-0.05, 0) is 35.9 Å². The highest BCUT2D eigenvalue weighted by Gasteiger charge is 2.13. The van der Waals surface area contributed by atoms with Gasteiger partial charge in [-0.25, -0.2) is 5.43 Å². The Morgan fingerprint density at radius 2 is 1.48 bits per heavy atom. The third-order valence-electron chi connectivity index (χ3n) is 2.58. The van der Waals surface area contributed by atoms with Crippen LogP contribution in [-0.4, -0.2) is 18.0 Å². The molecule has 2 amide bonds. The number of rotatable bonds is 3. The molecule has 0 heterocycles. The number of hydrogen-bond donors (Lipinski definition) is 2. The van der Waals surface area contributed by atoms with Gasteiger partial charge in [0.2, 0.25) is 0 Å². The van der Waals surface area contributed by atoms with Crippen LogP contribution in [0.25, 0.3) is 0 Å². The fourth-order valence-electron chi connectivity index (χ4n) is 1.58. The zero-order valence-corrected chi connectivity index (χ0v) is 13.8. The molecule has 5 nitrogen and oxygen atoms in total. The van der Waals surface area contributed by atoms with Crippen molar-refractivity contribution < 1.29 is 9.59 Å². The Bertz CT molecular complexity index is 741. The van der Waals surface area contributed by atoms with Crippen molar-refractivity contribution in [2.45, 2.75) is 0 Å². The van der Waals surface area contributed by atoms with E-state index < -0.39 is 11.8 Å². The van der Waals surface area contributed by atoms with Crippen molar-refractivity contribution in [2.75, 3.05) is 5.32 Å². The lowest BCUT2D eigenvalue weighted by Crippen LogP contribution is -2.32. The summed E-state index contributed by atoms with van der Waals surface area (Å²) in [6.07, 6.45) is 1.39. The molecule has 23 heavy (non-hydrogen) atoms. The molecule has 0 bridgehead atoms. The lowest BCUT2D eigenvalue weighted by Gasteiger charge is -2.05. The van der Waals surface area contributed by atoms with Gasteiger partial charge in [0.05, 0.1) is 6.21 Å². The molecular formula is C15H10Cl3N3O2. The van der Waals surface area contributed by atoms with Crippen LogP contribution in [0.15, 0.2) is 47.6 Å². The number of carbonyl (C=O) groups is 2. The third kappa shape index (κ3) is 5.56. The minimum Gasteiger partial charge on any atom is -0.318 e. The second kappa shape index (κ2) is 7.97. The Labute approximate surface area is 147 Å². The highest BCUT2D eigenvalue weighted by molar-refractivity contribution is 6.40. The largest absolute Gasteiger partial charge is 0.329 e. The molecule has 0 aliphatic heterocycles. The van der Waals surface area contributed by atoms with E-state index in [2.05, 4.69) is 15.8 Å². The molecule has 8 heteroatoms. The fourth-order valence-corrected chi connectivity index (χ4v) is 2.23. The molecule has 0 aliphatic rings. The summed E-state index contributed by atoms with van der Waals surface area (Å²) in [7, 11) is 0. The first-order valence-electron chi connectivity index (χ1n) is 6.30. The van der Waals surface area contributed by atoms with E-state index in [1.165, 1.54) is 24.4 Å². The molecule has 0 saturated heterocycles. The molecular weight excluding hydrogens is 361 g/mol. The number of nitrogens with zero attached hydrogens (tertiary/aromatic N) is 1. The average molecular weight is 371 g/mol. The van der Waals surface area contributed by atoms with Crippen molar-refractivity contribution >= 4 is 58.5 Å². The Hall–Kier alpha value is -2.08. The molecule has 0 atom stereocenters. The maximum absolute atomic E-state index is 11.7. The fraction of sp³-hybridized carbons (Fsp3) is 0. The van der Waals surface area contributed by atoms with Gasteiger partial charge >= 0.3 is 11.8 Å². The SMILES string of the molecule is O=C(N/N=C/c1ccc(Cl)cc1)C(=O)Nc1cc(Cl)cc(Cl)c1. The molecule has 0 fully saturated rings. The van der Waals surface area contributed by atoms with Gasteiger partial charge in [-0.1, -0.05) is 46.9 Å². The molecule has 2 aromatic carbocycles. The Morgan fingerprint density at radius 1 is 0.870 bits per heavy atom. The van der Waals surface area contributed by atoms with E-state index in [0.717, 1.165) is 5.56 Å². The molecule has 2 N–H and O–H groups in total. The zero-order valence-electron chi connectivity index (χ0n) is 11.5. The van der Waals surface area contributed by atoms with Crippen LogP contribution in [-0.2, 0) is 9.59 Å². The van der Waals surface area contributed by atoms with Crippen molar-refractivity contribution in [3.8, 4) is 0 Å². The second-order valence-corrected chi connectivity index (χ2v) is 5.67. The summed E-state index contributed by atoms with van der Waals surface area (Å²) in [6.45, 7) is 0. The van der Waals surface area contributed by atoms with E-state index >= 15 is 0 Å². The van der Waals surface area contributed by atoms with Gasteiger partial charge in [-0.2, -0.15) is 5.10 Å². The minimum atomic E-state index is -0.925. The van der Waals surface area contributed by atoms with Gasteiger partial charge in [0.1, 0.15) is 0 Å². The summed E-state index contributed by atoms with van der Waals surface area (Å²) in [5.74, 6) is -1.82. The monoisotopic (exact) mass is 369 g/mol. The number of nitrogens with one attached hydrogen (secondary N) is 2. The molecule has 2 rings (SSSR count). The van der Waals surface area contributed by atoms with E-state index in [4.69, 9.17) is 34.8 Å². The molecule has 0 aliphatic carbocycles. The minimum absolute atomic E-state index is 0.310. The van der Waals surface area contributed by atoms with Crippen molar-refractivity contribution in [3.05, 3.63) is 63.1 Å². The Balaban J connectivity index is 1.92. The number of anilines is 1. The van der Waals surface area contributed by atoms with E-state index in [1.807, 2.05) is 0 Å². The predicted molar refractivity (Wildman–Crippen MR) is 92.3 cm³/mol. The molecule has 0 aromatic heterocycles. The summed E-state index contributed by atoms with van der Waals surface area (Å²) in [5.41, 5.74) is 3.14. The van der Waals surface area contributed by atoms with Crippen LogP contribution >= 0.6 is 34.8 Å². The van der Waals surface area contributed by atoms with Crippen LogP contribution < -0.4 is 10.7 Å². The standard InChI is InChI=1S/C15H10Cl3N3O2/c16-10-3-1-9(2-4-10)8-19-21-15(23)14(22)20-13-6-11(17)5-12(18)7-13/h1-8H,(H,20,22)(H,21,23)/b19-8+. The number of carbonyl (C=O) groups excluding carboxylic acids is 2. The molecule has 0 saturated carbocycles. The van der Waals surface area contributed by atoms with Gasteiger partial charge in [-0.15, -0.1) is 0 Å². The normalized spacial score (nSPS) is 10.6. The summed E-state index contributed by atoms with van der Waals surface area (Å²) in [5, 5.41) is 7.33. The predicted octanol–water partition coefficient (Wildman–Crippen LogP) is 3.74.